The highest BCUT2D eigenvalue weighted by Crippen LogP contribution is 2.26. The molecule has 2 aromatic heterocycles. The SMILES string of the molecule is CCn1c(=O)c2c(nc(NC3CCOCC3)n2Cc2ccc(O)c(Cl)c2)n(CCO)c1=O. The maximum atomic E-state index is 13.3. The number of halogens is 1. The number of hydrogen-bond acceptors (Lipinski definition) is 7. The third-order valence-corrected chi connectivity index (χ3v) is 5.96. The lowest BCUT2D eigenvalue weighted by molar-refractivity contribution is 0.0902. The van der Waals surface area contributed by atoms with E-state index in [2.05, 4.69) is 10.3 Å². The summed E-state index contributed by atoms with van der Waals surface area (Å²) < 4.78 is 9.63. The summed E-state index contributed by atoms with van der Waals surface area (Å²) in [5.74, 6) is 0.421. The molecular formula is C21H26ClN5O5. The van der Waals surface area contributed by atoms with Crippen molar-refractivity contribution in [3.63, 3.8) is 0 Å². The maximum absolute atomic E-state index is 13.3. The minimum Gasteiger partial charge on any atom is -0.506 e. The number of aromatic nitrogens is 4. The van der Waals surface area contributed by atoms with Crippen LogP contribution in [-0.4, -0.2) is 54.8 Å². The summed E-state index contributed by atoms with van der Waals surface area (Å²) in [4.78, 5) is 30.8. The number of nitrogens with zero attached hydrogens (tertiary/aromatic N) is 4. The van der Waals surface area contributed by atoms with Crippen molar-refractivity contribution in [3.8, 4) is 5.75 Å². The molecule has 0 saturated carbocycles. The summed E-state index contributed by atoms with van der Waals surface area (Å²) in [6.07, 6.45) is 1.58. The third kappa shape index (κ3) is 4.13. The number of aliphatic hydroxyl groups is 1. The van der Waals surface area contributed by atoms with Crippen molar-refractivity contribution in [2.45, 2.75) is 45.4 Å². The van der Waals surface area contributed by atoms with Crippen LogP contribution in [0.3, 0.4) is 0 Å². The van der Waals surface area contributed by atoms with Gasteiger partial charge in [-0.2, -0.15) is 4.98 Å². The Morgan fingerprint density at radius 3 is 2.62 bits per heavy atom. The number of benzene rings is 1. The van der Waals surface area contributed by atoms with Gasteiger partial charge in [0.1, 0.15) is 5.75 Å². The fraction of sp³-hybridized carbons (Fsp3) is 0.476. The molecule has 0 amide bonds. The van der Waals surface area contributed by atoms with Gasteiger partial charge in [-0.15, -0.1) is 0 Å². The average molecular weight is 464 g/mol. The molecule has 0 radical (unpaired) electrons. The Bertz CT molecular complexity index is 1240. The molecule has 32 heavy (non-hydrogen) atoms. The van der Waals surface area contributed by atoms with Crippen LogP contribution < -0.4 is 16.6 Å². The summed E-state index contributed by atoms with van der Waals surface area (Å²) in [5.41, 5.74) is 0.286. The second kappa shape index (κ2) is 9.35. The lowest BCUT2D eigenvalue weighted by Gasteiger charge is -2.24. The topological polar surface area (TPSA) is 124 Å². The predicted molar refractivity (Wildman–Crippen MR) is 121 cm³/mol. The zero-order valence-electron chi connectivity index (χ0n) is 17.8. The van der Waals surface area contributed by atoms with Gasteiger partial charge in [0.25, 0.3) is 5.56 Å². The second-order valence-corrected chi connectivity index (χ2v) is 8.12. The fourth-order valence-corrected chi connectivity index (χ4v) is 4.19. The van der Waals surface area contributed by atoms with Gasteiger partial charge in [0.15, 0.2) is 11.2 Å². The highest BCUT2D eigenvalue weighted by atomic mass is 35.5. The molecule has 0 spiro atoms. The number of hydrogen-bond donors (Lipinski definition) is 3. The van der Waals surface area contributed by atoms with E-state index in [0.29, 0.717) is 19.2 Å². The van der Waals surface area contributed by atoms with Gasteiger partial charge in [-0.05, 0) is 37.5 Å². The lowest BCUT2D eigenvalue weighted by Crippen LogP contribution is -2.40. The highest BCUT2D eigenvalue weighted by molar-refractivity contribution is 6.32. The summed E-state index contributed by atoms with van der Waals surface area (Å²) >= 11 is 6.09. The minimum absolute atomic E-state index is 0.0222. The fourth-order valence-electron chi connectivity index (χ4n) is 3.99. The number of phenolic OH excluding ortho intramolecular Hbond substituents is 1. The van der Waals surface area contributed by atoms with Gasteiger partial charge in [-0.25, -0.2) is 4.79 Å². The van der Waals surface area contributed by atoms with Crippen LogP contribution >= 0.6 is 11.6 Å². The largest absolute Gasteiger partial charge is 0.506 e. The summed E-state index contributed by atoms with van der Waals surface area (Å²) in [6, 6.07) is 4.94. The van der Waals surface area contributed by atoms with Crippen molar-refractivity contribution in [1.82, 2.24) is 18.7 Å². The van der Waals surface area contributed by atoms with E-state index in [1.54, 1.807) is 23.6 Å². The van der Waals surface area contributed by atoms with Crippen molar-refractivity contribution in [2.24, 2.45) is 0 Å². The average Bonchev–Trinajstić information content (AvgIpc) is 3.12. The van der Waals surface area contributed by atoms with Crippen molar-refractivity contribution in [2.75, 3.05) is 25.1 Å². The van der Waals surface area contributed by atoms with E-state index in [1.165, 1.54) is 10.6 Å². The molecular weight excluding hydrogens is 438 g/mol. The molecule has 10 nitrogen and oxygen atoms in total. The van der Waals surface area contributed by atoms with E-state index in [1.807, 2.05) is 0 Å². The first kappa shape index (κ1) is 22.4. The number of aromatic hydroxyl groups is 1. The number of aliphatic hydroxyl groups excluding tert-OH is 1. The van der Waals surface area contributed by atoms with Crippen LogP contribution in [0.2, 0.25) is 5.02 Å². The first-order valence-electron chi connectivity index (χ1n) is 10.6. The summed E-state index contributed by atoms with van der Waals surface area (Å²) in [6.45, 7) is 3.18. The first-order valence-corrected chi connectivity index (χ1v) is 11.0. The standard InChI is InChI=1S/C21H26ClN5O5/c1-2-25-19(30)17-18(26(7-8-28)21(25)31)24-20(23-14-5-9-32-10-6-14)27(17)12-13-3-4-16(29)15(22)11-13/h3-4,11,14,28-29H,2,5-10,12H2,1H3,(H,23,24). The molecule has 3 heterocycles. The molecule has 3 aromatic rings. The molecule has 11 heteroatoms. The monoisotopic (exact) mass is 463 g/mol. The third-order valence-electron chi connectivity index (χ3n) is 5.66. The maximum Gasteiger partial charge on any atom is 0.332 e. The zero-order chi connectivity index (χ0) is 22.8. The van der Waals surface area contributed by atoms with Crippen LogP contribution in [0.1, 0.15) is 25.3 Å². The van der Waals surface area contributed by atoms with E-state index in [9.17, 15) is 19.8 Å². The second-order valence-electron chi connectivity index (χ2n) is 7.72. The van der Waals surface area contributed by atoms with Crippen molar-refractivity contribution in [3.05, 3.63) is 49.6 Å². The van der Waals surface area contributed by atoms with Gasteiger partial charge < -0.3 is 20.3 Å². The Morgan fingerprint density at radius 1 is 1.22 bits per heavy atom. The molecule has 0 bridgehead atoms. The Labute approximate surface area is 188 Å². The van der Waals surface area contributed by atoms with Gasteiger partial charge in [-0.3, -0.25) is 18.5 Å². The van der Waals surface area contributed by atoms with Gasteiger partial charge >= 0.3 is 5.69 Å². The smallest absolute Gasteiger partial charge is 0.332 e. The van der Waals surface area contributed by atoms with Gasteiger partial charge in [0.2, 0.25) is 5.95 Å². The Morgan fingerprint density at radius 2 is 1.97 bits per heavy atom. The van der Waals surface area contributed by atoms with Crippen LogP contribution in [0.5, 0.6) is 5.75 Å². The number of imidazole rings is 1. The van der Waals surface area contributed by atoms with E-state index in [4.69, 9.17) is 16.3 Å². The number of anilines is 1. The van der Waals surface area contributed by atoms with Crippen LogP contribution in [0.15, 0.2) is 27.8 Å². The molecule has 1 saturated heterocycles. The molecule has 1 fully saturated rings. The van der Waals surface area contributed by atoms with E-state index >= 15 is 0 Å². The lowest BCUT2D eigenvalue weighted by atomic mass is 10.1. The molecule has 172 valence electrons. The Balaban J connectivity index is 1.92. The van der Waals surface area contributed by atoms with Crippen LogP contribution in [0.4, 0.5) is 5.95 Å². The van der Waals surface area contributed by atoms with E-state index in [0.717, 1.165) is 23.0 Å². The molecule has 4 rings (SSSR count). The molecule has 0 unspecified atom stereocenters. The molecule has 3 N–H and O–H groups in total. The molecule has 1 aliphatic heterocycles. The quantitative estimate of drug-likeness (QED) is 0.483. The summed E-state index contributed by atoms with van der Waals surface area (Å²) in [5, 5.41) is 22.9. The number of phenols is 1. The van der Waals surface area contributed by atoms with Crippen LogP contribution in [0.25, 0.3) is 11.2 Å². The normalized spacial score (nSPS) is 14.8. The summed E-state index contributed by atoms with van der Waals surface area (Å²) in [7, 11) is 0. The molecule has 0 aliphatic carbocycles. The number of ether oxygens (including phenoxy) is 1. The van der Waals surface area contributed by atoms with E-state index < -0.39 is 11.2 Å². The van der Waals surface area contributed by atoms with Crippen LogP contribution in [-0.2, 0) is 24.4 Å². The first-order chi connectivity index (χ1) is 15.4. The zero-order valence-corrected chi connectivity index (χ0v) is 18.5. The molecule has 0 atom stereocenters. The number of rotatable bonds is 7. The van der Waals surface area contributed by atoms with Crippen molar-refractivity contribution >= 4 is 28.7 Å². The predicted octanol–water partition coefficient (Wildman–Crippen LogP) is 1.37. The molecule has 1 aliphatic rings. The van der Waals surface area contributed by atoms with Gasteiger partial charge in [0, 0.05) is 25.8 Å². The van der Waals surface area contributed by atoms with Crippen molar-refractivity contribution < 1.29 is 14.9 Å². The number of fused-ring (bicyclic) bond motifs is 1. The number of nitrogens with one attached hydrogen (secondary N) is 1. The minimum atomic E-state index is -0.506. The van der Waals surface area contributed by atoms with E-state index in [-0.39, 0.29) is 54.2 Å². The Hall–Kier alpha value is -2.82. The van der Waals surface area contributed by atoms with Gasteiger partial charge in [0.05, 0.1) is 24.7 Å². The van der Waals surface area contributed by atoms with Crippen LogP contribution in [0, 0.1) is 0 Å². The highest BCUT2D eigenvalue weighted by Gasteiger charge is 2.24. The van der Waals surface area contributed by atoms with Crippen molar-refractivity contribution in [1.29, 1.82) is 0 Å². The molecule has 1 aromatic carbocycles. The van der Waals surface area contributed by atoms with Gasteiger partial charge in [-0.1, -0.05) is 17.7 Å². The Kier molecular flexibility index (Phi) is 6.54.